The van der Waals surface area contributed by atoms with Gasteiger partial charge in [-0.3, -0.25) is 4.57 Å². The molecule has 0 amide bonds. The van der Waals surface area contributed by atoms with Crippen LogP contribution in [0, 0.1) is 0 Å². The number of aromatic nitrogens is 4. The molecule has 0 aliphatic carbocycles. The Morgan fingerprint density at radius 3 is 3.06 bits per heavy atom. The number of rotatable bonds is 2. The fourth-order valence-corrected chi connectivity index (χ4v) is 1.81. The van der Waals surface area contributed by atoms with Crippen molar-refractivity contribution in [3.8, 4) is 0 Å². The van der Waals surface area contributed by atoms with E-state index in [2.05, 4.69) is 15.0 Å². The van der Waals surface area contributed by atoms with Crippen molar-refractivity contribution in [2.45, 2.75) is 18.8 Å². The molecule has 2 aromatic rings. The summed E-state index contributed by atoms with van der Waals surface area (Å²) in [5.41, 5.74) is 6.92. The molecule has 3 N–H and O–H groups in total. The lowest BCUT2D eigenvalue weighted by atomic mass is 10.1. The lowest BCUT2D eigenvalue weighted by molar-refractivity contribution is -0.178. The van der Waals surface area contributed by atoms with Gasteiger partial charge >= 0.3 is 0 Å². The number of aliphatic hydroxyl groups excluding tert-OH is 1. The van der Waals surface area contributed by atoms with Crippen molar-refractivity contribution >= 4 is 17.0 Å². The van der Waals surface area contributed by atoms with E-state index in [1.165, 1.54) is 6.33 Å². The molecule has 0 spiro atoms. The Kier molecular flexibility index (Phi) is 2.01. The van der Waals surface area contributed by atoms with Gasteiger partial charge in [0.25, 0.3) is 0 Å². The molecule has 0 bridgehead atoms. The molecule has 0 aromatic carbocycles. The average Bonchev–Trinajstić information content (AvgIpc) is 2.62. The van der Waals surface area contributed by atoms with Crippen molar-refractivity contribution in [1.82, 2.24) is 19.5 Å². The second-order valence-electron chi connectivity index (χ2n) is 3.71. The van der Waals surface area contributed by atoms with Gasteiger partial charge in [0, 0.05) is 6.42 Å². The highest BCUT2D eigenvalue weighted by Gasteiger charge is 2.32. The first-order valence-electron chi connectivity index (χ1n) is 4.99. The zero-order valence-electron chi connectivity index (χ0n) is 8.45. The minimum atomic E-state index is -0.114. The molecule has 0 saturated carbocycles. The molecule has 2 atom stereocenters. The van der Waals surface area contributed by atoms with Crippen LogP contribution in [0.4, 0.5) is 5.82 Å². The van der Waals surface area contributed by atoms with Gasteiger partial charge in [-0.25, -0.2) is 15.0 Å². The molecule has 0 radical (unpaired) electrons. The van der Waals surface area contributed by atoms with Crippen molar-refractivity contribution in [3.05, 3.63) is 12.7 Å². The fraction of sp³-hybridized carbons (Fsp3) is 0.444. The molecular formula is C9H11N5O2. The standard InChI is InChI=1S/C9H11N5O2/c10-8-7-9(12-3-11-8)14(4-13-7)6-1-5(2-15)16-6/h3-6,15H,1-2H2,(H2,10,11,12)/t5-,6+/m1/s1. The molecule has 7 nitrogen and oxygen atoms in total. The number of nitrogens with two attached hydrogens (primary N) is 1. The second-order valence-corrected chi connectivity index (χ2v) is 3.71. The van der Waals surface area contributed by atoms with Gasteiger partial charge in [-0.1, -0.05) is 0 Å². The Balaban J connectivity index is 1.97. The Labute approximate surface area is 90.9 Å². The van der Waals surface area contributed by atoms with Crippen LogP contribution in [0.15, 0.2) is 12.7 Å². The Morgan fingerprint density at radius 1 is 1.50 bits per heavy atom. The maximum Gasteiger partial charge on any atom is 0.167 e. The monoisotopic (exact) mass is 221 g/mol. The molecular weight excluding hydrogens is 210 g/mol. The molecule has 1 fully saturated rings. The van der Waals surface area contributed by atoms with Crippen molar-refractivity contribution in [1.29, 1.82) is 0 Å². The van der Waals surface area contributed by atoms with Crippen LogP contribution in [-0.2, 0) is 4.74 Å². The van der Waals surface area contributed by atoms with E-state index in [1.54, 1.807) is 10.9 Å². The van der Waals surface area contributed by atoms with Gasteiger partial charge in [-0.05, 0) is 0 Å². The topological polar surface area (TPSA) is 99.1 Å². The van der Waals surface area contributed by atoms with Crippen LogP contribution in [0.25, 0.3) is 11.2 Å². The molecule has 1 saturated heterocycles. The number of hydrogen-bond donors (Lipinski definition) is 2. The minimum Gasteiger partial charge on any atom is -0.394 e. The molecule has 3 heterocycles. The van der Waals surface area contributed by atoms with Crippen LogP contribution in [0.3, 0.4) is 0 Å². The summed E-state index contributed by atoms with van der Waals surface area (Å²) in [5.74, 6) is 0.363. The number of aliphatic hydroxyl groups is 1. The number of imidazole rings is 1. The molecule has 0 unspecified atom stereocenters. The van der Waals surface area contributed by atoms with Crippen LogP contribution in [0.5, 0.6) is 0 Å². The van der Waals surface area contributed by atoms with Crippen molar-refractivity contribution in [3.63, 3.8) is 0 Å². The molecule has 84 valence electrons. The second kappa shape index (κ2) is 3.39. The summed E-state index contributed by atoms with van der Waals surface area (Å²) in [6.45, 7) is 0.0419. The smallest absolute Gasteiger partial charge is 0.167 e. The third-order valence-electron chi connectivity index (χ3n) is 2.72. The number of fused-ring (bicyclic) bond motifs is 1. The lowest BCUT2D eigenvalue weighted by Gasteiger charge is -2.35. The van der Waals surface area contributed by atoms with Gasteiger partial charge in [0.05, 0.1) is 19.0 Å². The van der Waals surface area contributed by atoms with Gasteiger partial charge in [0.15, 0.2) is 11.5 Å². The van der Waals surface area contributed by atoms with E-state index in [-0.39, 0.29) is 18.9 Å². The Hall–Kier alpha value is -1.73. The third kappa shape index (κ3) is 1.25. The average molecular weight is 221 g/mol. The fourth-order valence-electron chi connectivity index (χ4n) is 1.81. The maximum atomic E-state index is 8.86. The van der Waals surface area contributed by atoms with E-state index in [0.29, 0.717) is 17.0 Å². The van der Waals surface area contributed by atoms with Gasteiger partial charge in [-0.2, -0.15) is 0 Å². The molecule has 2 aromatic heterocycles. The highest BCUT2D eigenvalue weighted by molar-refractivity contribution is 5.81. The summed E-state index contributed by atoms with van der Waals surface area (Å²) in [5, 5.41) is 8.86. The highest BCUT2D eigenvalue weighted by atomic mass is 16.5. The van der Waals surface area contributed by atoms with E-state index in [0.717, 1.165) is 6.42 Å². The van der Waals surface area contributed by atoms with E-state index in [1.807, 2.05) is 0 Å². The summed E-state index contributed by atoms with van der Waals surface area (Å²) in [6, 6.07) is 0. The van der Waals surface area contributed by atoms with Gasteiger partial charge in [0.2, 0.25) is 0 Å². The molecule has 3 rings (SSSR count). The van der Waals surface area contributed by atoms with E-state index >= 15 is 0 Å². The van der Waals surface area contributed by atoms with Crippen LogP contribution in [0.1, 0.15) is 12.6 Å². The van der Waals surface area contributed by atoms with Crippen molar-refractivity contribution in [2.24, 2.45) is 0 Å². The Morgan fingerprint density at radius 2 is 2.31 bits per heavy atom. The summed E-state index contributed by atoms with van der Waals surface area (Å²) in [6.07, 6.45) is 3.59. The van der Waals surface area contributed by atoms with Crippen LogP contribution >= 0.6 is 0 Å². The zero-order valence-corrected chi connectivity index (χ0v) is 8.45. The Bertz CT molecular complexity index is 520. The summed E-state index contributed by atoms with van der Waals surface area (Å²) < 4.78 is 7.26. The highest BCUT2D eigenvalue weighted by Crippen LogP contribution is 2.32. The van der Waals surface area contributed by atoms with Gasteiger partial charge in [-0.15, -0.1) is 0 Å². The molecule has 16 heavy (non-hydrogen) atoms. The summed E-state index contributed by atoms with van der Waals surface area (Å²) in [4.78, 5) is 12.1. The van der Waals surface area contributed by atoms with Gasteiger partial charge < -0.3 is 15.6 Å². The third-order valence-corrected chi connectivity index (χ3v) is 2.72. The lowest BCUT2D eigenvalue weighted by Crippen LogP contribution is -2.36. The largest absolute Gasteiger partial charge is 0.394 e. The van der Waals surface area contributed by atoms with Crippen molar-refractivity contribution < 1.29 is 9.84 Å². The minimum absolute atomic E-state index is 0.0419. The van der Waals surface area contributed by atoms with Crippen LogP contribution in [0.2, 0.25) is 0 Å². The summed E-state index contributed by atoms with van der Waals surface area (Å²) in [7, 11) is 0. The van der Waals surface area contributed by atoms with Crippen LogP contribution in [-0.4, -0.2) is 37.3 Å². The predicted octanol–water partition coefficient (Wildman–Crippen LogP) is -0.312. The van der Waals surface area contributed by atoms with E-state index in [4.69, 9.17) is 15.6 Å². The van der Waals surface area contributed by atoms with E-state index in [9.17, 15) is 0 Å². The normalized spacial score (nSPS) is 24.6. The predicted molar refractivity (Wildman–Crippen MR) is 55.3 cm³/mol. The SMILES string of the molecule is Nc1ncnc2c1ncn2[C@@H]1C[C@H](CO)O1. The molecule has 1 aliphatic rings. The van der Waals surface area contributed by atoms with Gasteiger partial charge in [0.1, 0.15) is 18.1 Å². The number of anilines is 1. The number of ether oxygens (including phenoxy) is 1. The number of nitrogen functional groups attached to an aromatic ring is 1. The number of hydrogen-bond acceptors (Lipinski definition) is 6. The van der Waals surface area contributed by atoms with Crippen LogP contribution < -0.4 is 5.73 Å². The maximum absolute atomic E-state index is 8.86. The first-order chi connectivity index (χ1) is 7.79. The quantitative estimate of drug-likeness (QED) is 0.721. The first kappa shape index (κ1) is 9.49. The van der Waals surface area contributed by atoms with Crippen molar-refractivity contribution in [2.75, 3.05) is 12.3 Å². The summed E-state index contributed by atoms with van der Waals surface area (Å²) >= 11 is 0. The first-order valence-corrected chi connectivity index (χ1v) is 4.99. The molecule has 7 heteroatoms. The number of nitrogens with zero attached hydrogens (tertiary/aromatic N) is 4. The van der Waals surface area contributed by atoms with E-state index < -0.39 is 0 Å². The molecule has 1 aliphatic heterocycles. The zero-order chi connectivity index (χ0) is 11.1.